The van der Waals surface area contributed by atoms with Crippen LogP contribution in [0.4, 0.5) is 5.69 Å². The largest absolute Gasteiger partial charge is 0.493 e. The van der Waals surface area contributed by atoms with Crippen LogP contribution in [0, 0.1) is 13.8 Å². The average molecular weight is 572 g/mol. The number of carbonyl (C=O) groups excluding carboxylic acids is 2. The molecule has 218 valence electrons. The van der Waals surface area contributed by atoms with Crippen molar-refractivity contribution < 1.29 is 33.0 Å². The Hall–Kier alpha value is -4.79. The van der Waals surface area contributed by atoms with E-state index in [2.05, 4.69) is 0 Å². The molecule has 9 nitrogen and oxygen atoms in total. The summed E-state index contributed by atoms with van der Waals surface area (Å²) in [5.41, 5.74) is 3.48. The predicted octanol–water partition coefficient (Wildman–Crippen LogP) is 6.14. The highest BCUT2D eigenvalue weighted by atomic mass is 16.5. The van der Waals surface area contributed by atoms with Gasteiger partial charge < -0.3 is 23.4 Å². The SMILES string of the molecule is CCCCOC(=O)c1ccc(N2C(=O)c3oc4cc(C)c(C)cc4c(=O)c3C2c2cc(OC)c(OC)c(OC)c2)cc1. The van der Waals surface area contributed by atoms with Gasteiger partial charge in [-0.2, -0.15) is 0 Å². The van der Waals surface area contributed by atoms with Crippen molar-refractivity contribution in [3.8, 4) is 17.2 Å². The smallest absolute Gasteiger partial charge is 0.338 e. The van der Waals surface area contributed by atoms with Crippen LogP contribution in [0.15, 0.2) is 57.7 Å². The highest BCUT2D eigenvalue weighted by Gasteiger charge is 2.44. The molecule has 0 N–H and O–H groups in total. The predicted molar refractivity (Wildman–Crippen MR) is 158 cm³/mol. The van der Waals surface area contributed by atoms with E-state index in [1.807, 2.05) is 20.8 Å². The standard InChI is InChI=1S/C33H33NO8/c1-7-8-13-41-33(37)20-9-11-22(12-10-20)34-28(21-16-25(38-4)30(40-6)26(17-21)39-5)27-29(35)23-14-18(2)19(3)15-24(23)42-31(27)32(34)36/h9-12,14-17,28H,7-8,13H2,1-6H3. The summed E-state index contributed by atoms with van der Waals surface area (Å²) < 4.78 is 28.2. The molecule has 4 aromatic rings. The Morgan fingerprint density at radius 1 is 0.905 bits per heavy atom. The zero-order valence-electron chi connectivity index (χ0n) is 24.5. The van der Waals surface area contributed by atoms with Crippen LogP contribution in [0.25, 0.3) is 11.0 Å². The lowest BCUT2D eigenvalue weighted by Crippen LogP contribution is -2.29. The molecule has 0 saturated heterocycles. The summed E-state index contributed by atoms with van der Waals surface area (Å²) in [6, 6.07) is 12.6. The third kappa shape index (κ3) is 4.85. The molecule has 0 aliphatic carbocycles. The van der Waals surface area contributed by atoms with Gasteiger partial charge in [-0.25, -0.2) is 4.79 Å². The van der Waals surface area contributed by atoms with Gasteiger partial charge in [-0.05, 0) is 85.5 Å². The molecule has 42 heavy (non-hydrogen) atoms. The van der Waals surface area contributed by atoms with Gasteiger partial charge in [-0.15, -0.1) is 0 Å². The Morgan fingerprint density at radius 3 is 2.14 bits per heavy atom. The molecule has 1 atom stereocenters. The summed E-state index contributed by atoms with van der Waals surface area (Å²) in [4.78, 5) is 42.2. The third-order valence-corrected chi connectivity index (χ3v) is 7.60. The molecule has 1 unspecified atom stereocenters. The number of fused-ring (bicyclic) bond motifs is 2. The molecule has 0 spiro atoms. The van der Waals surface area contributed by atoms with Crippen LogP contribution in [0.1, 0.15) is 69.0 Å². The normalized spacial score (nSPS) is 14.2. The number of anilines is 1. The molecule has 9 heteroatoms. The topological polar surface area (TPSA) is 105 Å². The molecule has 1 amide bonds. The second kappa shape index (κ2) is 11.6. The number of esters is 1. The van der Waals surface area contributed by atoms with Gasteiger partial charge in [0.1, 0.15) is 5.58 Å². The van der Waals surface area contributed by atoms with Gasteiger partial charge in [0.2, 0.25) is 11.5 Å². The third-order valence-electron chi connectivity index (χ3n) is 7.60. The minimum Gasteiger partial charge on any atom is -0.493 e. The van der Waals surface area contributed by atoms with E-state index in [-0.39, 0.29) is 16.8 Å². The minimum atomic E-state index is -0.883. The molecule has 2 heterocycles. The van der Waals surface area contributed by atoms with E-state index in [1.165, 1.54) is 26.2 Å². The summed E-state index contributed by atoms with van der Waals surface area (Å²) in [6.45, 7) is 6.19. The molecule has 0 bridgehead atoms. The van der Waals surface area contributed by atoms with E-state index in [0.717, 1.165) is 24.0 Å². The van der Waals surface area contributed by atoms with Crippen molar-refractivity contribution in [2.75, 3.05) is 32.8 Å². The van der Waals surface area contributed by atoms with Crippen LogP contribution in [0.3, 0.4) is 0 Å². The highest BCUT2D eigenvalue weighted by Crippen LogP contribution is 2.46. The Balaban J connectivity index is 1.71. The van der Waals surface area contributed by atoms with Gasteiger partial charge in [0.05, 0.1) is 50.5 Å². The second-order valence-electron chi connectivity index (χ2n) is 10.2. The van der Waals surface area contributed by atoms with Crippen LogP contribution < -0.4 is 24.5 Å². The van der Waals surface area contributed by atoms with Gasteiger partial charge in [0.25, 0.3) is 5.91 Å². The van der Waals surface area contributed by atoms with Crippen LogP contribution in [-0.4, -0.2) is 39.8 Å². The lowest BCUT2D eigenvalue weighted by molar-refractivity contribution is 0.0499. The van der Waals surface area contributed by atoms with Crippen LogP contribution >= 0.6 is 0 Å². The lowest BCUT2D eigenvalue weighted by atomic mass is 9.96. The van der Waals surface area contributed by atoms with Crippen molar-refractivity contribution in [3.63, 3.8) is 0 Å². The molecule has 1 aromatic heterocycles. The number of ether oxygens (including phenoxy) is 4. The number of methoxy groups -OCH3 is 3. The van der Waals surface area contributed by atoms with E-state index in [4.69, 9.17) is 23.4 Å². The number of amides is 1. The number of hydrogen-bond donors (Lipinski definition) is 0. The zero-order chi connectivity index (χ0) is 30.1. The number of rotatable bonds is 9. The van der Waals surface area contributed by atoms with Crippen molar-refractivity contribution in [2.45, 2.75) is 39.7 Å². The van der Waals surface area contributed by atoms with E-state index < -0.39 is 17.9 Å². The summed E-state index contributed by atoms with van der Waals surface area (Å²) >= 11 is 0. The van der Waals surface area contributed by atoms with E-state index >= 15 is 0 Å². The number of aryl methyl sites for hydroxylation is 2. The van der Waals surface area contributed by atoms with Gasteiger partial charge in [-0.3, -0.25) is 14.5 Å². The molecular formula is C33H33NO8. The monoisotopic (exact) mass is 571 g/mol. The first-order valence-electron chi connectivity index (χ1n) is 13.7. The first kappa shape index (κ1) is 28.7. The molecule has 5 rings (SSSR count). The number of carbonyl (C=O) groups is 2. The Labute approximate surface area is 243 Å². The maximum atomic E-state index is 14.1. The molecule has 1 aliphatic rings. The van der Waals surface area contributed by atoms with Gasteiger partial charge in [-0.1, -0.05) is 13.3 Å². The maximum absolute atomic E-state index is 14.1. The number of nitrogens with zero attached hydrogens (tertiary/aromatic N) is 1. The Morgan fingerprint density at radius 2 is 1.55 bits per heavy atom. The Kier molecular flexibility index (Phi) is 7.93. The summed E-state index contributed by atoms with van der Waals surface area (Å²) in [6.07, 6.45) is 1.68. The number of hydrogen-bond acceptors (Lipinski definition) is 8. The molecule has 0 radical (unpaired) electrons. The fourth-order valence-electron chi connectivity index (χ4n) is 5.22. The summed E-state index contributed by atoms with van der Waals surface area (Å²) in [5, 5.41) is 0.383. The van der Waals surface area contributed by atoms with Gasteiger partial charge >= 0.3 is 5.97 Å². The first-order valence-corrected chi connectivity index (χ1v) is 13.7. The van der Waals surface area contributed by atoms with Gasteiger partial charge in [0.15, 0.2) is 16.9 Å². The van der Waals surface area contributed by atoms with Crippen molar-refractivity contribution in [3.05, 3.63) is 92.3 Å². The van der Waals surface area contributed by atoms with Crippen LogP contribution in [0.2, 0.25) is 0 Å². The molecular weight excluding hydrogens is 538 g/mol. The Bertz CT molecular complexity index is 1710. The summed E-state index contributed by atoms with van der Waals surface area (Å²) in [5.74, 6) is 0.143. The van der Waals surface area contributed by atoms with E-state index in [0.29, 0.717) is 51.6 Å². The van der Waals surface area contributed by atoms with Crippen molar-refractivity contribution in [1.29, 1.82) is 0 Å². The first-order chi connectivity index (χ1) is 20.2. The van der Waals surface area contributed by atoms with Crippen molar-refractivity contribution in [2.24, 2.45) is 0 Å². The highest BCUT2D eigenvalue weighted by molar-refractivity contribution is 6.11. The number of benzene rings is 3. The second-order valence-corrected chi connectivity index (χ2v) is 10.2. The average Bonchev–Trinajstić information content (AvgIpc) is 3.29. The molecule has 3 aromatic carbocycles. The zero-order valence-corrected chi connectivity index (χ0v) is 24.5. The molecule has 1 aliphatic heterocycles. The van der Waals surface area contributed by atoms with Crippen molar-refractivity contribution in [1.82, 2.24) is 0 Å². The van der Waals surface area contributed by atoms with E-state index in [9.17, 15) is 14.4 Å². The van der Waals surface area contributed by atoms with E-state index in [1.54, 1.807) is 48.5 Å². The maximum Gasteiger partial charge on any atom is 0.338 e. The lowest BCUT2D eigenvalue weighted by Gasteiger charge is -2.26. The van der Waals surface area contributed by atoms with Gasteiger partial charge in [0, 0.05) is 5.69 Å². The fraction of sp³-hybridized carbons (Fsp3) is 0.303. The van der Waals surface area contributed by atoms with Crippen molar-refractivity contribution >= 4 is 28.5 Å². The van der Waals surface area contributed by atoms with Crippen LogP contribution in [-0.2, 0) is 4.74 Å². The summed E-state index contributed by atoms with van der Waals surface area (Å²) in [7, 11) is 4.50. The molecule has 0 fully saturated rings. The van der Waals surface area contributed by atoms with Crippen LogP contribution in [0.5, 0.6) is 17.2 Å². The number of unbranched alkanes of at least 4 members (excludes halogenated alkanes) is 1. The fourth-order valence-corrected chi connectivity index (χ4v) is 5.22. The minimum absolute atomic E-state index is 0.0439. The molecule has 0 saturated carbocycles. The quantitative estimate of drug-likeness (QED) is 0.174.